The van der Waals surface area contributed by atoms with E-state index in [9.17, 15) is 50.8 Å². The first-order chi connectivity index (χ1) is 26.7. The molecule has 57 heavy (non-hydrogen) atoms. The Morgan fingerprint density at radius 2 is 1.21 bits per heavy atom. The van der Waals surface area contributed by atoms with E-state index in [0.29, 0.717) is 52.3 Å². The molecule has 2 heterocycles. The Balaban J connectivity index is 1.36. The SMILES string of the molecule is C#CCCCCN1C(=O)N(c2ccc(C#N)c(C(F)(F)F)c2)C(=O)C1(C)CC#Cc1ccc(CN2C(=O)N(c3ccc(C#N)c(C(F)(F)F)c3)C(=O)C2(C)C)cc1. The third kappa shape index (κ3) is 7.85. The monoisotopic (exact) mass is 786 g/mol. The summed E-state index contributed by atoms with van der Waals surface area (Å²) >= 11 is 0. The van der Waals surface area contributed by atoms with Crippen LogP contribution < -0.4 is 9.80 Å². The van der Waals surface area contributed by atoms with Gasteiger partial charge in [0.1, 0.15) is 11.1 Å². The van der Waals surface area contributed by atoms with Crippen molar-refractivity contribution in [1.82, 2.24) is 9.80 Å². The van der Waals surface area contributed by atoms with Crippen LogP contribution in [0.15, 0.2) is 60.7 Å². The average molecular weight is 787 g/mol. The minimum Gasteiger partial charge on any atom is -0.309 e. The molecule has 6 amide bonds. The molecule has 10 nitrogen and oxygen atoms in total. The average Bonchev–Trinajstić information content (AvgIpc) is 3.44. The number of hydrogen-bond donors (Lipinski definition) is 0. The standard InChI is InChI=1S/C41H32F6N6O4/c1-5-6-7-8-20-50-36(56)53(31-18-16-29(24-49)33(22-31)41(45,46)47)35(55)39(50,4)19-9-10-26-11-13-27(14-12-26)25-51-37(57)52(34(54)38(51,2)3)30-17-15-28(23-48)32(21-30)40(42,43)44/h1,11-18,21-22H,6-8,19-20,25H2,2-4H3. The summed E-state index contributed by atoms with van der Waals surface area (Å²) in [6, 6.07) is 12.8. The number of unbranched alkanes of at least 4 members (excludes halogenated alkanes) is 2. The van der Waals surface area contributed by atoms with E-state index in [-0.39, 0.29) is 30.9 Å². The molecule has 5 rings (SSSR count). The number of nitriles is 2. The van der Waals surface area contributed by atoms with Gasteiger partial charge in [0.15, 0.2) is 0 Å². The Morgan fingerprint density at radius 1 is 0.702 bits per heavy atom. The molecular weight excluding hydrogens is 754 g/mol. The van der Waals surface area contributed by atoms with E-state index in [4.69, 9.17) is 11.7 Å². The van der Waals surface area contributed by atoms with Gasteiger partial charge in [-0.15, -0.1) is 12.3 Å². The number of amides is 6. The third-order valence-corrected chi connectivity index (χ3v) is 9.79. The van der Waals surface area contributed by atoms with Crippen LogP contribution in [0.2, 0.25) is 0 Å². The van der Waals surface area contributed by atoms with Crippen LogP contribution in [0.1, 0.15) is 79.8 Å². The van der Waals surface area contributed by atoms with Crippen molar-refractivity contribution in [3.63, 3.8) is 0 Å². The maximum atomic E-state index is 13.9. The molecule has 2 aliphatic heterocycles. The van der Waals surface area contributed by atoms with E-state index in [0.717, 1.165) is 24.3 Å². The number of rotatable bonds is 9. The third-order valence-electron chi connectivity index (χ3n) is 9.79. The van der Waals surface area contributed by atoms with Crippen LogP contribution in [-0.2, 0) is 28.5 Å². The smallest absolute Gasteiger partial charge is 0.309 e. The fraction of sp³-hybridized carbons (Fsp3) is 0.317. The zero-order valence-corrected chi connectivity index (χ0v) is 30.7. The lowest BCUT2D eigenvalue weighted by molar-refractivity contribution is -0.138. The Labute approximate surface area is 323 Å². The normalized spacial score (nSPS) is 18.0. The molecule has 2 fully saturated rings. The number of halogens is 6. The molecule has 16 heteroatoms. The van der Waals surface area contributed by atoms with Crippen LogP contribution in [0, 0.1) is 46.8 Å². The second kappa shape index (κ2) is 15.4. The summed E-state index contributed by atoms with van der Waals surface area (Å²) in [4.78, 5) is 58.2. The molecule has 0 N–H and O–H groups in total. The Hall–Kier alpha value is -6.78. The quantitative estimate of drug-likeness (QED) is 0.0937. The number of hydrogen-bond acceptors (Lipinski definition) is 6. The van der Waals surface area contributed by atoms with Gasteiger partial charge >= 0.3 is 24.4 Å². The van der Waals surface area contributed by atoms with Gasteiger partial charge in [-0.05, 0) is 87.7 Å². The van der Waals surface area contributed by atoms with Gasteiger partial charge in [-0.25, -0.2) is 19.4 Å². The highest BCUT2D eigenvalue weighted by Gasteiger charge is 2.55. The topological polar surface area (TPSA) is 129 Å². The molecule has 3 aromatic rings. The van der Waals surface area contributed by atoms with Gasteiger partial charge in [0, 0.05) is 31.5 Å². The summed E-state index contributed by atoms with van der Waals surface area (Å²) in [5.41, 5.74) is -6.70. The molecule has 0 aliphatic carbocycles. The lowest BCUT2D eigenvalue weighted by Crippen LogP contribution is -2.47. The number of benzene rings is 3. The highest BCUT2D eigenvalue weighted by Crippen LogP contribution is 2.40. The van der Waals surface area contributed by atoms with Gasteiger partial charge in [0.2, 0.25) is 0 Å². The van der Waals surface area contributed by atoms with Gasteiger partial charge in [-0.3, -0.25) is 9.59 Å². The van der Waals surface area contributed by atoms with Crippen molar-refractivity contribution in [2.75, 3.05) is 16.3 Å². The fourth-order valence-electron chi connectivity index (χ4n) is 6.54. The maximum absolute atomic E-state index is 13.9. The van der Waals surface area contributed by atoms with E-state index < -0.39 is 69.6 Å². The first kappa shape index (κ1) is 41.4. The highest BCUT2D eigenvalue weighted by molar-refractivity contribution is 6.24. The second-order valence-electron chi connectivity index (χ2n) is 13.9. The van der Waals surface area contributed by atoms with Gasteiger partial charge in [-0.1, -0.05) is 24.0 Å². The molecule has 0 bridgehead atoms. The number of urea groups is 2. The van der Waals surface area contributed by atoms with Crippen LogP contribution >= 0.6 is 0 Å². The number of nitrogens with zero attached hydrogens (tertiary/aromatic N) is 6. The van der Waals surface area contributed by atoms with Crippen LogP contribution in [0.25, 0.3) is 0 Å². The molecule has 0 spiro atoms. The summed E-state index contributed by atoms with van der Waals surface area (Å²) in [6.07, 6.45) is -3.41. The molecular formula is C41H32F6N6O4. The van der Waals surface area contributed by atoms with Crippen LogP contribution in [-0.4, -0.2) is 51.3 Å². The fourth-order valence-corrected chi connectivity index (χ4v) is 6.54. The second-order valence-corrected chi connectivity index (χ2v) is 13.9. The Morgan fingerprint density at radius 3 is 1.70 bits per heavy atom. The predicted octanol–water partition coefficient (Wildman–Crippen LogP) is 7.99. The van der Waals surface area contributed by atoms with Gasteiger partial charge < -0.3 is 9.80 Å². The zero-order valence-electron chi connectivity index (χ0n) is 30.7. The molecule has 1 unspecified atom stereocenters. The first-order valence-electron chi connectivity index (χ1n) is 17.3. The number of imide groups is 2. The molecule has 0 radical (unpaired) electrons. The summed E-state index contributed by atoms with van der Waals surface area (Å²) in [5, 5.41) is 18.3. The lowest BCUT2D eigenvalue weighted by atomic mass is 9.95. The van der Waals surface area contributed by atoms with E-state index in [1.54, 1.807) is 24.3 Å². The minimum absolute atomic E-state index is 0.0538. The van der Waals surface area contributed by atoms with E-state index in [2.05, 4.69) is 17.8 Å². The molecule has 292 valence electrons. The van der Waals surface area contributed by atoms with Gasteiger partial charge in [-0.2, -0.15) is 36.9 Å². The molecule has 3 aromatic carbocycles. The summed E-state index contributed by atoms with van der Waals surface area (Å²) < 4.78 is 82.3. The van der Waals surface area contributed by atoms with Crippen molar-refractivity contribution in [2.24, 2.45) is 0 Å². The molecule has 2 saturated heterocycles. The van der Waals surface area contributed by atoms with Crippen molar-refractivity contribution in [3.05, 3.63) is 94.0 Å². The van der Waals surface area contributed by atoms with E-state index in [1.807, 2.05) is 0 Å². The number of anilines is 2. The van der Waals surface area contributed by atoms with Crippen LogP contribution in [0.4, 0.5) is 47.3 Å². The van der Waals surface area contributed by atoms with Crippen molar-refractivity contribution in [1.29, 1.82) is 10.5 Å². The number of carbonyl (C=O) groups excluding carboxylic acids is 4. The summed E-state index contributed by atoms with van der Waals surface area (Å²) in [6.45, 7) is 4.30. The van der Waals surface area contributed by atoms with Crippen LogP contribution in [0.5, 0.6) is 0 Å². The zero-order chi connectivity index (χ0) is 42.1. The summed E-state index contributed by atoms with van der Waals surface area (Å²) in [7, 11) is 0. The van der Waals surface area contributed by atoms with E-state index >= 15 is 0 Å². The Kier molecular flexibility index (Phi) is 11.2. The molecule has 0 aromatic heterocycles. The van der Waals surface area contributed by atoms with Crippen molar-refractivity contribution < 1.29 is 45.5 Å². The number of alkyl halides is 6. The van der Waals surface area contributed by atoms with Crippen molar-refractivity contribution in [3.8, 4) is 36.3 Å². The van der Waals surface area contributed by atoms with Gasteiger partial charge in [0.05, 0.1) is 45.8 Å². The minimum atomic E-state index is -4.93. The van der Waals surface area contributed by atoms with Crippen molar-refractivity contribution in [2.45, 2.75) is 76.4 Å². The summed E-state index contributed by atoms with van der Waals surface area (Å²) in [5.74, 6) is 6.70. The largest absolute Gasteiger partial charge is 0.417 e. The van der Waals surface area contributed by atoms with E-state index in [1.165, 1.54) is 42.7 Å². The maximum Gasteiger partial charge on any atom is 0.417 e. The Bertz CT molecular complexity index is 2340. The first-order valence-corrected chi connectivity index (χ1v) is 17.3. The van der Waals surface area contributed by atoms with Gasteiger partial charge in [0.25, 0.3) is 11.8 Å². The molecule has 2 aliphatic rings. The number of terminal acetylenes is 1. The lowest BCUT2D eigenvalue weighted by Gasteiger charge is -2.30. The highest BCUT2D eigenvalue weighted by atomic mass is 19.4. The predicted molar refractivity (Wildman–Crippen MR) is 193 cm³/mol. The number of carbonyl (C=O) groups is 4. The van der Waals surface area contributed by atoms with Crippen molar-refractivity contribution >= 4 is 35.3 Å². The van der Waals surface area contributed by atoms with Crippen LogP contribution in [0.3, 0.4) is 0 Å². The molecule has 0 saturated carbocycles. The molecule has 1 atom stereocenters.